The van der Waals surface area contributed by atoms with Crippen molar-refractivity contribution in [3.8, 4) is 11.5 Å². The third-order valence-corrected chi connectivity index (χ3v) is 3.52. The maximum atomic E-state index is 12.2. The van der Waals surface area contributed by atoms with E-state index in [1.54, 1.807) is 6.33 Å². The van der Waals surface area contributed by atoms with Crippen LogP contribution in [0.3, 0.4) is 0 Å². The minimum atomic E-state index is -0.143. The Balaban J connectivity index is 1.97. The minimum absolute atomic E-state index is 0.143. The molecule has 0 saturated carbocycles. The lowest BCUT2D eigenvalue weighted by Gasteiger charge is -2.04. The molecule has 4 rings (SSSR count). The van der Waals surface area contributed by atoms with Gasteiger partial charge in [-0.1, -0.05) is 11.6 Å². The minimum Gasteiger partial charge on any atom is -0.308 e. The van der Waals surface area contributed by atoms with Crippen molar-refractivity contribution in [3.05, 3.63) is 64.8 Å². The molecule has 0 fully saturated rings. The first-order valence-corrected chi connectivity index (χ1v) is 6.64. The molecule has 4 aromatic rings. The van der Waals surface area contributed by atoms with Gasteiger partial charge in [-0.2, -0.15) is 0 Å². The number of fused-ring (bicyclic) bond motifs is 2. The van der Waals surface area contributed by atoms with E-state index >= 15 is 0 Å². The summed E-state index contributed by atoms with van der Waals surface area (Å²) in [5.74, 6) is 0.486. The molecule has 0 saturated heterocycles. The normalized spacial score (nSPS) is 11.3. The fourth-order valence-corrected chi connectivity index (χ4v) is 2.44. The highest BCUT2D eigenvalue weighted by Crippen LogP contribution is 2.17. The lowest BCUT2D eigenvalue weighted by molar-refractivity contribution is 1.07. The Morgan fingerprint density at radius 1 is 1.19 bits per heavy atom. The summed E-state index contributed by atoms with van der Waals surface area (Å²) in [6.45, 7) is 1.95. The van der Waals surface area contributed by atoms with Crippen LogP contribution in [0.15, 0.2) is 53.7 Å². The highest BCUT2D eigenvalue weighted by molar-refractivity contribution is 5.80. The molecule has 5 nitrogen and oxygen atoms in total. The number of hydrogen-bond acceptors (Lipinski definition) is 3. The molecule has 5 heteroatoms. The first-order valence-electron chi connectivity index (χ1n) is 6.64. The Morgan fingerprint density at radius 2 is 2.10 bits per heavy atom. The topological polar surface area (TPSA) is 63.1 Å². The molecular weight excluding hydrogens is 264 g/mol. The average Bonchev–Trinajstić information content (AvgIpc) is 2.95. The number of rotatable bonds is 1. The molecule has 21 heavy (non-hydrogen) atoms. The van der Waals surface area contributed by atoms with Crippen LogP contribution < -0.4 is 5.56 Å². The number of aryl methyl sites for hydroxylation is 1. The molecule has 0 aliphatic heterocycles. The van der Waals surface area contributed by atoms with Gasteiger partial charge in [0.1, 0.15) is 5.69 Å². The smallest absolute Gasteiger partial charge is 0.259 e. The second kappa shape index (κ2) is 4.28. The number of hydrogen-bond donors (Lipinski definition) is 1. The van der Waals surface area contributed by atoms with Crippen LogP contribution in [0, 0.1) is 6.92 Å². The fraction of sp³-hybridized carbons (Fsp3) is 0.0625. The van der Waals surface area contributed by atoms with E-state index in [9.17, 15) is 4.79 Å². The third-order valence-electron chi connectivity index (χ3n) is 3.52. The van der Waals surface area contributed by atoms with Gasteiger partial charge in [0.15, 0.2) is 5.82 Å². The van der Waals surface area contributed by atoms with Crippen LogP contribution in [0.25, 0.3) is 27.9 Å². The molecule has 0 aliphatic rings. The van der Waals surface area contributed by atoms with Gasteiger partial charge in [-0.3, -0.25) is 4.79 Å². The molecular formula is C16H12N4O. The second-order valence-corrected chi connectivity index (χ2v) is 5.05. The zero-order chi connectivity index (χ0) is 14.4. The summed E-state index contributed by atoms with van der Waals surface area (Å²) in [6.07, 6.45) is 3.63. The monoisotopic (exact) mass is 276 g/mol. The lowest BCUT2D eigenvalue weighted by atomic mass is 10.1. The van der Waals surface area contributed by atoms with Crippen molar-refractivity contribution >= 4 is 16.4 Å². The van der Waals surface area contributed by atoms with E-state index in [4.69, 9.17) is 0 Å². The Labute approximate surface area is 119 Å². The number of aromatic nitrogens is 4. The van der Waals surface area contributed by atoms with Gasteiger partial charge in [0, 0.05) is 11.7 Å². The van der Waals surface area contributed by atoms with Crippen molar-refractivity contribution in [1.29, 1.82) is 0 Å². The summed E-state index contributed by atoms with van der Waals surface area (Å²) in [6, 6.07) is 11.5. The molecule has 0 bridgehead atoms. The van der Waals surface area contributed by atoms with Crippen LogP contribution in [0.4, 0.5) is 0 Å². The molecule has 1 N–H and O–H groups in total. The van der Waals surface area contributed by atoms with Gasteiger partial charge in [0.25, 0.3) is 5.56 Å². The second-order valence-electron chi connectivity index (χ2n) is 5.05. The van der Waals surface area contributed by atoms with Crippen molar-refractivity contribution in [2.45, 2.75) is 6.92 Å². The summed E-state index contributed by atoms with van der Waals surface area (Å²) < 4.78 is 1.91. The van der Waals surface area contributed by atoms with Gasteiger partial charge >= 0.3 is 0 Å². The summed E-state index contributed by atoms with van der Waals surface area (Å²) in [5.41, 5.74) is 3.23. The molecule has 3 heterocycles. The number of nitrogens with one attached hydrogen (secondary N) is 1. The van der Waals surface area contributed by atoms with Crippen LogP contribution in [-0.4, -0.2) is 19.4 Å². The van der Waals surface area contributed by atoms with Crippen LogP contribution >= 0.6 is 0 Å². The largest absolute Gasteiger partial charge is 0.308 e. The Hall–Kier alpha value is -2.95. The fourth-order valence-electron chi connectivity index (χ4n) is 2.44. The van der Waals surface area contributed by atoms with Gasteiger partial charge < -0.3 is 9.38 Å². The molecule has 1 aromatic carbocycles. The standard InChI is InChI=1S/C16H12N4O/c1-10-4-5-13-12(7-10)16(21)19-15(18-13)14-8-11-3-2-6-20(11)9-17-14/h2-9H,1H3,(H,18,19,21). The summed E-state index contributed by atoms with van der Waals surface area (Å²) >= 11 is 0. The maximum absolute atomic E-state index is 12.2. The Morgan fingerprint density at radius 3 is 3.00 bits per heavy atom. The molecule has 0 aliphatic carbocycles. The van der Waals surface area contributed by atoms with Gasteiger partial charge in [0.05, 0.1) is 17.2 Å². The molecule has 102 valence electrons. The zero-order valence-corrected chi connectivity index (χ0v) is 11.4. The SMILES string of the molecule is Cc1ccc2nc(-c3cc4cccn4cn3)[nH]c(=O)c2c1. The highest BCUT2D eigenvalue weighted by Gasteiger charge is 2.08. The predicted molar refractivity (Wildman–Crippen MR) is 81.3 cm³/mol. The van der Waals surface area contributed by atoms with E-state index in [0.29, 0.717) is 22.4 Å². The molecule has 3 aromatic heterocycles. The zero-order valence-electron chi connectivity index (χ0n) is 11.4. The van der Waals surface area contributed by atoms with Crippen LogP contribution in [0.5, 0.6) is 0 Å². The summed E-state index contributed by atoms with van der Waals surface area (Å²) in [7, 11) is 0. The van der Waals surface area contributed by atoms with E-state index in [1.165, 1.54) is 0 Å². The van der Waals surface area contributed by atoms with Crippen molar-refractivity contribution in [2.75, 3.05) is 0 Å². The van der Waals surface area contributed by atoms with Crippen molar-refractivity contribution in [2.24, 2.45) is 0 Å². The van der Waals surface area contributed by atoms with Crippen LogP contribution in [0.2, 0.25) is 0 Å². The molecule has 0 spiro atoms. The summed E-state index contributed by atoms with van der Waals surface area (Å²) in [5, 5.41) is 0.600. The average molecular weight is 276 g/mol. The molecule has 0 radical (unpaired) electrons. The van der Waals surface area contributed by atoms with Crippen LogP contribution in [-0.2, 0) is 0 Å². The Kier molecular flexibility index (Phi) is 2.41. The van der Waals surface area contributed by atoms with Crippen molar-refractivity contribution < 1.29 is 0 Å². The van der Waals surface area contributed by atoms with E-state index in [1.807, 2.05) is 53.9 Å². The summed E-state index contributed by atoms with van der Waals surface area (Å²) in [4.78, 5) is 23.9. The molecule has 0 atom stereocenters. The highest BCUT2D eigenvalue weighted by atomic mass is 16.1. The number of nitrogens with zero attached hydrogens (tertiary/aromatic N) is 3. The van der Waals surface area contributed by atoms with Gasteiger partial charge in [-0.15, -0.1) is 0 Å². The van der Waals surface area contributed by atoms with Crippen molar-refractivity contribution in [3.63, 3.8) is 0 Å². The number of H-pyrrole nitrogens is 1. The van der Waals surface area contributed by atoms with Gasteiger partial charge in [-0.05, 0) is 37.3 Å². The molecule has 0 unspecified atom stereocenters. The van der Waals surface area contributed by atoms with E-state index in [0.717, 1.165) is 11.1 Å². The third kappa shape index (κ3) is 1.90. The Bertz CT molecular complexity index is 1030. The van der Waals surface area contributed by atoms with E-state index in [2.05, 4.69) is 15.0 Å². The van der Waals surface area contributed by atoms with Gasteiger partial charge in [0.2, 0.25) is 0 Å². The van der Waals surface area contributed by atoms with Gasteiger partial charge in [-0.25, -0.2) is 9.97 Å². The quantitative estimate of drug-likeness (QED) is 0.581. The first kappa shape index (κ1) is 11.8. The van der Waals surface area contributed by atoms with Crippen molar-refractivity contribution in [1.82, 2.24) is 19.4 Å². The number of benzene rings is 1. The van der Waals surface area contributed by atoms with E-state index in [-0.39, 0.29) is 5.56 Å². The van der Waals surface area contributed by atoms with Crippen LogP contribution in [0.1, 0.15) is 5.56 Å². The number of aromatic amines is 1. The molecule has 0 amide bonds. The maximum Gasteiger partial charge on any atom is 0.259 e. The first-order chi connectivity index (χ1) is 10.2. The predicted octanol–water partition coefficient (Wildman–Crippen LogP) is 2.55. The van der Waals surface area contributed by atoms with E-state index < -0.39 is 0 Å². The lowest BCUT2D eigenvalue weighted by Crippen LogP contribution is -2.10.